The first-order chi connectivity index (χ1) is 16.7. The maximum absolute atomic E-state index is 10.6. The molecular formula is C22H30F6N2O6. The first kappa shape index (κ1) is 31.4. The Morgan fingerprint density at radius 3 is 1.92 bits per heavy atom. The van der Waals surface area contributed by atoms with Gasteiger partial charge in [0.2, 0.25) is 0 Å². The first-order valence-electron chi connectivity index (χ1n) is 11.0. The first-order valence-corrected chi connectivity index (χ1v) is 11.0. The van der Waals surface area contributed by atoms with E-state index in [2.05, 4.69) is 34.9 Å². The molecule has 0 aliphatic carbocycles. The Morgan fingerprint density at radius 1 is 0.972 bits per heavy atom. The second-order valence-corrected chi connectivity index (χ2v) is 7.99. The largest absolute Gasteiger partial charge is 0.492 e. The minimum absolute atomic E-state index is 0.762. The van der Waals surface area contributed by atoms with Crippen LogP contribution in [0.5, 0.6) is 5.75 Å². The van der Waals surface area contributed by atoms with Crippen molar-refractivity contribution < 1.29 is 55.6 Å². The molecule has 14 heteroatoms. The number of hydrogen-bond acceptors (Lipinski definition) is 6. The maximum Gasteiger partial charge on any atom is 0.490 e. The predicted molar refractivity (Wildman–Crippen MR) is 116 cm³/mol. The lowest BCUT2D eigenvalue weighted by Gasteiger charge is -2.40. The number of nitrogens with zero attached hydrogens (tertiary/aromatic N) is 2. The SMILES string of the molecule is Cc1cccc(OCCN2CCC(N3CCOCC3)CC2)c1.O=C(O)C(F)(F)F.O=C(O)C(F)(F)F. The number of aliphatic carboxylic acids is 2. The number of hydrogen-bond donors (Lipinski definition) is 2. The summed E-state index contributed by atoms with van der Waals surface area (Å²) in [6.45, 7) is 10.3. The Hall–Kier alpha value is -2.58. The van der Waals surface area contributed by atoms with Crippen molar-refractivity contribution in [2.24, 2.45) is 0 Å². The van der Waals surface area contributed by atoms with E-state index in [1.165, 1.54) is 31.5 Å². The van der Waals surface area contributed by atoms with E-state index in [9.17, 15) is 26.3 Å². The summed E-state index contributed by atoms with van der Waals surface area (Å²) >= 11 is 0. The van der Waals surface area contributed by atoms with Crippen molar-refractivity contribution in [2.45, 2.75) is 38.2 Å². The number of halogens is 6. The van der Waals surface area contributed by atoms with Crippen LogP contribution in [0.1, 0.15) is 18.4 Å². The maximum atomic E-state index is 10.6. The molecule has 36 heavy (non-hydrogen) atoms. The van der Waals surface area contributed by atoms with E-state index in [0.29, 0.717) is 0 Å². The summed E-state index contributed by atoms with van der Waals surface area (Å²) in [6.07, 6.45) is -7.60. The highest BCUT2D eigenvalue weighted by Crippen LogP contribution is 2.18. The topological polar surface area (TPSA) is 99.5 Å². The van der Waals surface area contributed by atoms with Crippen LogP contribution in [0.3, 0.4) is 0 Å². The van der Waals surface area contributed by atoms with Gasteiger partial charge < -0.3 is 19.7 Å². The van der Waals surface area contributed by atoms with Crippen LogP contribution in [0.25, 0.3) is 0 Å². The number of alkyl halides is 6. The van der Waals surface area contributed by atoms with Gasteiger partial charge in [-0.05, 0) is 50.6 Å². The molecule has 0 aromatic heterocycles. The Kier molecular flexibility index (Phi) is 13.0. The molecule has 2 heterocycles. The molecule has 0 amide bonds. The summed E-state index contributed by atoms with van der Waals surface area (Å²) in [6, 6.07) is 9.06. The van der Waals surface area contributed by atoms with Crippen molar-refractivity contribution in [3.63, 3.8) is 0 Å². The predicted octanol–water partition coefficient (Wildman–Crippen LogP) is 3.44. The Labute approximate surface area is 204 Å². The molecule has 1 aromatic rings. The van der Waals surface area contributed by atoms with Crippen LogP contribution >= 0.6 is 0 Å². The third kappa shape index (κ3) is 12.9. The average molecular weight is 532 g/mol. The van der Waals surface area contributed by atoms with Crippen molar-refractivity contribution >= 4 is 11.9 Å². The molecular weight excluding hydrogens is 502 g/mol. The van der Waals surface area contributed by atoms with E-state index in [1.54, 1.807) is 0 Å². The third-order valence-corrected chi connectivity index (χ3v) is 5.27. The average Bonchev–Trinajstić information content (AvgIpc) is 2.80. The molecule has 2 aliphatic heterocycles. The number of carbonyl (C=O) groups is 2. The molecule has 2 N–H and O–H groups in total. The van der Waals surface area contributed by atoms with Gasteiger partial charge in [0, 0.05) is 25.7 Å². The smallest absolute Gasteiger partial charge is 0.490 e. The lowest BCUT2D eigenvalue weighted by molar-refractivity contribution is -0.193. The van der Waals surface area contributed by atoms with E-state index in [4.69, 9.17) is 29.3 Å². The molecule has 0 bridgehead atoms. The Balaban J connectivity index is 0.000000383. The lowest BCUT2D eigenvalue weighted by atomic mass is 10.0. The Morgan fingerprint density at radius 2 is 1.47 bits per heavy atom. The van der Waals surface area contributed by atoms with Gasteiger partial charge in [0.05, 0.1) is 13.2 Å². The monoisotopic (exact) mass is 532 g/mol. The number of benzene rings is 1. The van der Waals surface area contributed by atoms with Gasteiger partial charge in [-0.3, -0.25) is 9.80 Å². The van der Waals surface area contributed by atoms with Crippen LogP contribution in [0.15, 0.2) is 24.3 Å². The molecule has 2 fully saturated rings. The van der Waals surface area contributed by atoms with E-state index in [-0.39, 0.29) is 0 Å². The highest BCUT2D eigenvalue weighted by Gasteiger charge is 2.38. The number of carboxylic acid groups (broad SMARTS) is 2. The number of likely N-dealkylation sites (tertiary alicyclic amines) is 1. The van der Waals surface area contributed by atoms with Gasteiger partial charge >= 0.3 is 24.3 Å². The molecule has 1 aromatic carbocycles. The summed E-state index contributed by atoms with van der Waals surface area (Å²) in [5, 5.41) is 14.2. The summed E-state index contributed by atoms with van der Waals surface area (Å²) in [5.74, 6) is -4.52. The van der Waals surface area contributed by atoms with E-state index < -0.39 is 24.3 Å². The highest BCUT2D eigenvalue weighted by molar-refractivity contribution is 5.73. The molecule has 0 atom stereocenters. The number of aryl methyl sites for hydroxylation is 1. The van der Waals surface area contributed by atoms with Gasteiger partial charge in [0.25, 0.3) is 0 Å². The van der Waals surface area contributed by atoms with Gasteiger partial charge in [-0.15, -0.1) is 0 Å². The number of morpholine rings is 1. The molecule has 2 saturated heterocycles. The van der Waals surface area contributed by atoms with Crippen LogP contribution in [0.2, 0.25) is 0 Å². The molecule has 8 nitrogen and oxygen atoms in total. The fourth-order valence-electron chi connectivity index (χ4n) is 3.45. The van der Waals surface area contributed by atoms with Crippen LogP contribution < -0.4 is 4.74 Å². The fraction of sp³-hybridized carbons (Fsp3) is 0.636. The molecule has 0 unspecified atom stereocenters. The number of ether oxygens (including phenoxy) is 2. The van der Waals surface area contributed by atoms with Crippen molar-refractivity contribution in [1.82, 2.24) is 9.80 Å². The van der Waals surface area contributed by atoms with Gasteiger partial charge in [-0.2, -0.15) is 26.3 Å². The zero-order chi connectivity index (χ0) is 27.4. The lowest BCUT2D eigenvalue weighted by Crippen LogP contribution is -2.49. The quantitative estimate of drug-likeness (QED) is 0.557. The minimum Gasteiger partial charge on any atom is -0.492 e. The highest BCUT2D eigenvalue weighted by atomic mass is 19.4. The van der Waals surface area contributed by atoms with Gasteiger partial charge in [-0.1, -0.05) is 12.1 Å². The van der Waals surface area contributed by atoms with E-state index >= 15 is 0 Å². The van der Waals surface area contributed by atoms with Gasteiger partial charge in [0.15, 0.2) is 0 Å². The second-order valence-electron chi connectivity index (χ2n) is 7.99. The molecule has 0 saturated carbocycles. The van der Waals surface area contributed by atoms with Crippen molar-refractivity contribution in [2.75, 3.05) is 52.5 Å². The number of carboxylic acids is 2. The zero-order valence-corrected chi connectivity index (χ0v) is 19.6. The van der Waals surface area contributed by atoms with Gasteiger partial charge in [-0.25, -0.2) is 9.59 Å². The van der Waals surface area contributed by atoms with Crippen LogP contribution in [0.4, 0.5) is 26.3 Å². The minimum atomic E-state index is -5.08. The van der Waals surface area contributed by atoms with Crippen molar-refractivity contribution in [3.05, 3.63) is 29.8 Å². The van der Waals surface area contributed by atoms with Crippen LogP contribution in [0, 0.1) is 6.92 Å². The molecule has 0 spiro atoms. The Bertz CT molecular complexity index is 783. The molecule has 0 radical (unpaired) electrons. The number of rotatable bonds is 5. The normalized spacial score (nSPS) is 17.8. The van der Waals surface area contributed by atoms with Gasteiger partial charge in [0.1, 0.15) is 12.4 Å². The standard InChI is InChI=1S/C18H28N2O2.2C2HF3O2/c1-16-3-2-4-18(15-16)22-14-9-19-7-5-17(6-8-19)20-10-12-21-13-11-20;2*3-2(4,5)1(6)7/h2-4,15,17H,5-14H2,1H3;2*(H,6,7). The van der Waals surface area contributed by atoms with Crippen LogP contribution in [-0.2, 0) is 14.3 Å². The summed E-state index contributed by atoms with van der Waals surface area (Å²) in [7, 11) is 0. The van der Waals surface area contributed by atoms with E-state index in [1.807, 2.05) is 6.07 Å². The van der Waals surface area contributed by atoms with Crippen molar-refractivity contribution in [1.29, 1.82) is 0 Å². The summed E-state index contributed by atoms with van der Waals surface area (Å²) in [4.78, 5) is 22.9. The number of piperidine rings is 1. The van der Waals surface area contributed by atoms with E-state index in [0.717, 1.165) is 51.2 Å². The van der Waals surface area contributed by atoms with Crippen molar-refractivity contribution in [3.8, 4) is 5.75 Å². The molecule has 2 aliphatic rings. The molecule has 206 valence electrons. The third-order valence-electron chi connectivity index (χ3n) is 5.27. The summed E-state index contributed by atoms with van der Waals surface area (Å²) < 4.78 is 74.8. The molecule has 3 rings (SSSR count). The second kappa shape index (κ2) is 14.9. The fourth-order valence-corrected chi connectivity index (χ4v) is 3.45. The van der Waals surface area contributed by atoms with Crippen LogP contribution in [-0.4, -0.2) is 103 Å². The summed E-state index contributed by atoms with van der Waals surface area (Å²) in [5.41, 5.74) is 1.25. The zero-order valence-electron chi connectivity index (χ0n) is 19.6.